The summed E-state index contributed by atoms with van der Waals surface area (Å²) in [6, 6.07) is 0. The van der Waals surface area contributed by atoms with Crippen LogP contribution in [0.15, 0.2) is 0 Å². The Labute approximate surface area is 131 Å². The Morgan fingerprint density at radius 3 is 1.87 bits per heavy atom. The van der Waals surface area contributed by atoms with Crippen LogP contribution in [0.1, 0.15) is 0 Å². The molecule has 1 unspecified atom stereocenters. The van der Waals surface area contributed by atoms with Crippen LogP contribution < -0.4 is 0 Å². The first-order chi connectivity index (χ1) is 10.8. The van der Waals surface area contributed by atoms with Gasteiger partial charge in [0.1, 0.15) is 48.8 Å². The molecule has 0 saturated carbocycles. The Hall–Kier alpha value is -0.440. The van der Waals surface area contributed by atoms with Gasteiger partial charge in [-0.1, -0.05) is 0 Å². The maximum absolute atomic E-state index is 9.83. The lowest BCUT2D eigenvalue weighted by molar-refractivity contribution is -0.327. The zero-order valence-corrected chi connectivity index (χ0v) is 12.2. The maximum Gasteiger partial charge on any atom is 0.187 e. The lowest BCUT2D eigenvalue weighted by Gasteiger charge is -2.42. The second kappa shape index (κ2) is 9.15. The second-order valence-corrected chi connectivity index (χ2v) is 5.29. The van der Waals surface area contributed by atoms with Crippen molar-refractivity contribution >= 4 is 0 Å². The van der Waals surface area contributed by atoms with Crippen LogP contribution in [0.25, 0.3) is 0 Å². The number of aliphatic hydroxyl groups is 9. The predicted octanol–water partition coefficient (Wildman–Crippen LogP) is -5.76. The Morgan fingerprint density at radius 2 is 1.39 bits per heavy atom. The van der Waals surface area contributed by atoms with E-state index in [1.54, 1.807) is 0 Å². The zero-order valence-electron chi connectivity index (χ0n) is 12.2. The summed E-state index contributed by atoms with van der Waals surface area (Å²) in [5.41, 5.74) is 0. The van der Waals surface area contributed by atoms with Crippen molar-refractivity contribution in [3.05, 3.63) is 0 Å². The van der Waals surface area contributed by atoms with Gasteiger partial charge in [0.2, 0.25) is 0 Å². The van der Waals surface area contributed by atoms with Crippen molar-refractivity contribution in [2.45, 2.75) is 55.1 Å². The van der Waals surface area contributed by atoms with Crippen molar-refractivity contribution in [3.8, 4) is 0 Å². The molecule has 1 aliphatic heterocycles. The van der Waals surface area contributed by atoms with E-state index in [0.717, 1.165) is 0 Å². The van der Waals surface area contributed by atoms with Gasteiger partial charge >= 0.3 is 0 Å². The molecule has 1 saturated heterocycles. The Balaban J connectivity index is 2.89. The largest absolute Gasteiger partial charge is 0.394 e. The van der Waals surface area contributed by atoms with Gasteiger partial charge in [0.05, 0.1) is 19.8 Å². The van der Waals surface area contributed by atoms with Gasteiger partial charge in [0.25, 0.3) is 0 Å². The number of aliphatic hydroxyl groups excluding tert-OH is 9. The van der Waals surface area contributed by atoms with E-state index in [0.29, 0.717) is 0 Å². The first-order valence-corrected chi connectivity index (χ1v) is 7.00. The molecule has 0 aromatic carbocycles. The highest BCUT2D eigenvalue weighted by Gasteiger charge is 2.46. The third-order valence-electron chi connectivity index (χ3n) is 3.62. The number of hydrogen-bond acceptors (Lipinski definition) is 11. The summed E-state index contributed by atoms with van der Waals surface area (Å²) in [4.78, 5) is 0. The summed E-state index contributed by atoms with van der Waals surface area (Å²) in [6.07, 6.45) is -15.1. The fraction of sp³-hybridized carbons (Fsp3) is 1.00. The van der Waals surface area contributed by atoms with Crippen LogP contribution in [0, 0.1) is 0 Å². The van der Waals surface area contributed by atoms with Gasteiger partial charge < -0.3 is 55.4 Å². The number of rotatable bonds is 8. The van der Waals surface area contributed by atoms with Gasteiger partial charge in [0, 0.05) is 0 Å². The fourth-order valence-corrected chi connectivity index (χ4v) is 2.16. The average Bonchev–Trinajstić information content (AvgIpc) is 2.57. The fourth-order valence-electron chi connectivity index (χ4n) is 2.16. The molecule has 0 aromatic heterocycles. The lowest BCUT2D eigenvalue weighted by Crippen LogP contribution is -2.61. The predicted molar refractivity (Wildman–Crippen MR) is 70.8 cm³/mol. The third-order valence-corrected chi connectivity index (χ3v) is 3.62. The molecule has 138 valence electrons. The van der Waals surface area contributed by atoms with Gasteiger partial charge in [-0.15, -0.1) is 0 Å². The van der Waals surface area contributed by atoms with Crippen LogP contribution in [-0.2, 0) is 9.47 Å². The zero-order chi connectivity index (χ0) is 17.7. The van der Waals surface area contributed by atoms with Crippen molar-refractivity contribution in [1.29, 1.82) is 0 Å². The SMILES string of the molecule is OC[C@@H](O)[C@@H](OC1O[C@H](CO)[C@H](O)[C@H](O)[C@H]1O)[C@H](O)[C@@H](O)CO. The summed E-state index contributed by atoms with van der Waals surface area (Å²) in [5, 5.41) is 84.9. The minimum atomic E-state index is -1.85. The van der Waals surface area contributed by atoms with Crippen LogP contribution in [0.2, 0.25) is 0 Å². The minimum Gasteiger partial charge on any atom is -0.394 e. The summed E-state index contributed by atoms with van der Waals surface area (Å²) in [6.45, 7) is -2.45. The Bertz CT molecular complexity index is 341. The van der Waals surface area contributed by atoms with Gasteiger partial charge in [-0.25, -0.2) is 0 Å². The highest BCUT2D eigenvalue weighted by atomic mass is 16.7. The van der Waals surface area contributed by atoms with Crippen LogP contribution in [0.3, 0.4) is 0 Å². The van der Waals surface area contributed by atoms with E-state index in [-0.39, 0.29) is 0 Å². The summed E-state index contributed by atoms with van der Waals surface area (Å²) in [5.74, 6) is 0. The lowest BCUT2D eigenvalue weighted by atomic mass is 9.98. The van der Waals surface area contributed by atoms with E-state index >= 15 is 0 Å². The molecular formula is C12H24O11. The highest BCUT2D eigenvalue weighted by Crippen LogP contribution is 2.24. The van der Waals surface area contributed by atoms with Crippen molar-refractivity contribution in [1.82, 2.24) is 0 Å². The maximum atomic E-state index is 9.83. The number of ether oxygens (including phenoxy) is 2. The van der Waals surface area contributed by atoms with E-state index in [1.807, 2.05) is 0 Å². The molecule has 0 bridgehead atoms. The molecule has 1 rings (SSSR count). The molecule has 11 nitrogen and oxygen atoms in total. The van der Waals surface area contributed by atoms with Crippen LogP contribution >= 0.6 is 0 Å². The smallest absolute Gasteiger partial charge is 0.187 e. The van der Waals surface area contributed by atoms with Crippen LogP contribution in [0.5, 0.6) is 0 Å². The van der Waals surface area contributed by atoms with Gasteiger partial charge in [-0.05, 0) is 0 Å². The molecule has 1 heterocycles. The molecule has 1 fully saturated rings. The van der Waals surface area contributed by atoms with Crippen molar-refractivity contribution in [2.24, 2.45) is 0 Å². The van der Waals surface area contributed by atoms with Crippen molar-refractivity contribution in [3.63, 3.8) is 0 Å². The minimum absolute atomic E-state index is 0.708. The molecule has 1 aliphatic rings. The summed E-state index contributed by atoms with van der Waals surface area (Å²) < 4.78 is 10.1. The van der Waals surface area contributed by atoms with E-state index in [9.17, 15) is 30.6 Å². The molecule has 0 aromatic rings. The third kappa shape index (κ3) is 4.78. The topological polar surface area (TPSA) is 201 Å². The molecule has 9 N–H and O–H groups in total. The standard InChI is InChI=1S/C12H24O11/c13-1-4(16)7(18)11(5(17)2-14)23-12-10(21)9(20)8(19)6(3-15)22-12/h4-21H,1-3H2/t4-,5+,6+,7+,8-,9-,10+,11+,12?/m0/s1. The monoisotopic (exact) mass is 344 g/mol. The second-order valence-electron chi connectivity index (χ2n) is 5.29. The van der Waals surface area contributed by atoms with Gasteiger partial charge in [0.15, 0.2) is 6.29 Å². The average molecular weight is 344 g/mol. The molecular weight excluding hydrogens is 320 g/mol. The Kier molecular flexibility index (Phi) is 8.20. The quantitative estimate of drug-likeness (QED) is 0.203. The van der Waals surface area contributed by atoms with Crippen molar-refractivity contribution in [2.75, 3.05) is 19.8 Å². The first kappa shape index (κ1) is 20.6. The van der Waals surface area contributed by atoms with E-state index in [4.69, 9.17) is 24.8 Å². The van der Waals surface area contributed by atoms with Gasteiger partial charge in [-0.3, -0.25) is 0 Å². The number of hydrogen-bond donors (Lipinski definition) is 9. The molecule has 0 aliphatic carbocycles. The highest BCUT2D eigenvalue weighted by molar-refractivity contribution is 4.91. The normalized spacial score (nSPS) is 37.2. The molecule has 23 heavy (non-hydrogen) atoms. The van der Waals surface area contributed by atoms with E-state index < -0.39 is 74.9 Å². The summed E-state index contributed by atoms with van der Waals surface area (Å²) >= 11 is 0. The molecule has 9 atom stereocenters. The summed E-state index contributed by atoms with van der Waals surface area (Å²) in [7, 11) is 0. The van der Waals surface area contributed by atoms with Crippen molar-refractivity contribution < 1.29 is 55.4 Å². The molecule has 0 radical (unpaired) electrons. The van der Waals surface area contributed by atoms with E-state index in [1.165, 1.54) is 0 Å². The molecule has 11 heteroatoms. The first-order valence-electron chi connectivity index (χ1n) is 7.00. The van der Waals surface area contributed by atoms with E-state index in [2.05, 4.69) is 0 Å². The van der Waals surface area contributed by atoms with Crippen LogP contribution in [-0.4, -0.2) is 121 Å². The Morgan fingerprint density at radius 1 is 0.826 bits per heavy atom. The molecule has 0 spiro atoms. The van der Waals surface area contributed by atoms with Crippen LogP contribution in [0.4, 0.5) is 0 Å². The molecule has 0 amide bonds. The van der Waals surface area contributed by atoms with Gasteiger partial charge in [-0.2, -0.15) is 0 Å².